The van der Waals surface area contributed by atoms with Gasteiger partial charge in [-0.25, -0.2) is 9.97 Å². The van der Waals surface area contributed by atoms with Crippen molar-refractivity contribution >= 4 is 34.4 Å². The molecular weight excluding hydrogens is 276 g/mol. The molecule has 0 fully saturated rings. The molecule has 2 aromatic rings. The van der Waals surface area contributed by atoms with Crippen molar-refractivity contribution < 1.29 is 0 Å². The maximum Gasteiger partial charge on any atom is 0.147 e. The van der Waals surface area contributed by atoms with Crippen LogP contribution in [0, 0.1) is 0 Å². The summed E-state index contributed by atoms with van der Waals surface area (Å²) in [5.74, 6) is 0.879. The predicted molar refractivity (Wildman–Crippen MR) is 81.7 cm³/mol. The number of rotatable bonds is 2. The molecule has 0 saturated heterocycles. The molecule has 98 valence electrons. The van der Waals surface area contributed by atoms with E-state index in [-0.39, 0.29) is 4.99 Å². The van der Waals surface area contributed by atoms with Crippen LogP contribution in [0.1, 0.15) is 29.1 Å². The average molecular weight is 290 g/mol. The first-order chi connectivity index (χ1) is 9.16. The van der Waals surface area contributed by atoms with Crippen molar-refractivity contribution in [1.82, 2.24) is 9.97 Å². The minimum absolute atomic E-state index is 0.283. The van der Waals surface area contributed by atoms with E-state index in [4.69, 9.17) is 18.0 Å². The van der Waals surface area contributed by atoms with E-state index in [2.05, 4.69) is 33.2 Å². The summed E-state index contributed by atoms with van der Waals surface area (Å²) in [6.07, 6.45) is 4.46. The van der Waals surface area contributed by atoms with Crippen LogP contribution in [0.5, 0.6) is 0 Å². The van der Waals surface area contributed by atoms with E-state index in [9.17, 15) is 0 Å². The Balaban J connectivity index is 1.89. The van der Waals surface area contributed by atoms with Crippen LogP contribution in [0.2, 0.25) is 0 Å². The van der Waals surface area contributed by atoms with E-state index in [0.29, 0.717) is 11.7 Å². The first-order valence-corrected chi connectivity index (χ1v) is 7.40. The van der Waals surface area contributed by atoms with Gasteiger partial charge in [-0.15, -0.1) is 11.3 Å². The maximum atomic E-state index is 5.54. The molecule has 0 aliphatic carbocycles. The maximum absolute atomic E-state index is 5.54. The minimum Gasteiger partial charge on any atom is -0.388 e. The molecule has 6 heteroatoms. The lowest BCUT2D eigenvalue weighted by molar-refractivity contribution is 0.623. The summed E-state index contributed by atoms with van der Waals surface area (Å²) in [5.41, 5.74) is 7.50. The summed E-state index contributed by atoms with van der Waals surface area (Å²) >= 11 is 6.72. The third kappa shape index (κ3) is 2.21. The van der Waals surface area contributed by atoms with Crippen LogP contribution in [0.15, 0.2) is 23.8 Å². The zero-order valence-corrected chi connectivity index (χ0v) is 12.2. The van der Waals surface area contributed by atoms with Gasteiger partial charge in [-0.3, -0.25) is 0 Å². The highest BCUT2D eigenvalue weighted by atomic mass is 32.1. The summed E-state index contributed by atoms with van der Waals surface area (Å²) in [5, 5.41) is 2.16. The van der Waals surface area contributed by atoms with E-state index in [0.717, 1.165) is 18.8 Å². The molecule has 0 amide bonds. The number of thiocarbonyl (C=S) groups is 1. The van der Waals surface area contributed by atoms with Gasteiger partial charge in [0.25, 0.3) is 0 Å². The molecule has 0 aromatic carbocycles. The number of fused-ring (bicyclic) bond motifs is 1. The summed E-state index contributed by atoms with van der Waals surface area (Å²) in [4.78, 5) is 12.7. The van der Waals surface area contributed by atoms with Crippen molar-refractivity contribution in [1.29, 1.82) is 0 Å². The fourth-order valence-corrected chi connectivity index (χ4v) is 3.49. The van der Waals surface area contributed by atoms with Gasteiger partial charge in [-0.1, -0.05) is 12.2 Å². The lowest BCUT2D eigenvalue weighted by atomic mass is 10.0. The summed E-state index contributed by atoms with van der Waals surface area (Å²) < 4.78 is 0. The van der Waals surface area contributed by atoms with Gasteiger partial charge >= 0.3 is 0 Å². The Morgan fingerprint density at radius 1 is 1.47 bits per heavy atom. The zero-order valence-electron chi connectivity index (χ0n) is 10.5. The number of anilines is 1. The van der Waals surface area contributed by atoms with Crippen LogP contribution in [0.25, 0.3) is 0 Å². The van der Waals surface area contributed by atoms with Crippen molar-refractivity contribution in [3.63, 3.8) is 0 Å². The lowest BCUT2D eigenvalue weighted by Crippen LogP contribution is -2.33. The van der Waals surface area contributed by atoms with Gasteiger partial charge in [0, 0.05) is 11.4 Å². The van der Waals surface area contributed by atoms with E-state index in [1.54, 1.807) is 12.4 Å². The Hall–Kier alpha value is -1.53. The van der Waals surface area contributed by atoms with Crippen LogP contribution in [0.3, 0.4) is 0 Å². The number of hydrogen-bond acceptors (Lipinski definition) is 5. The van der Waals surface area contributed by atoms with Gasteiger partial charge in [0.15, 0.2) is 0 Å². The molecule has 19 heavy (non-hydrogen) atoms. The largest absolute Gasteiger partial charge is 0.388 e. The van der Waals surface area contributed by atoms with Crippen LogP contribution < -0.4 is 10.6 Å². The summed E-state index contributed by atoms with van der Waals surface area (Å²) in [7, 11) is 0. The number of hydrogen-bond donors (Lipinski definition) is 1. The van der Waals surface area contributed by atoms with Gasteiger partial charge in [0.05, 0.1) is 18.4 Å². The minimum atomic E-state index is 0.283. The molecule has 1 unspecified atom stereocenters. The molecule has 2 aromatic heterocycles. The third-order valence-electron chi connectivity index (χ3n) is 3.46. The molecule has 0 saturated carbocycles. The first kappa shape index (κ1) is 12.5. The highest BCUT2D eigenvalue weighted by molar-refractivity contribution is 7.80. The van der Waals surface area contributed by atoms with Gasteiger partial charge in [0.2, 0.25) is 0 Å². The monoisotopic (exact) mass is 290 g/mol. The molecule has 0 radical (unpaired) electrons. The predicted octanol–water partition coefficient (Wildman–Crippen LogP) is 2.30. The van der Waals surface area contributed by atoms with Crippen LogP contribution in [-0.2, 0) is 6.42 Å². The van der Waals surface area contributed by atoms with E-state index < -0.39 is 0 Å². The number of aromatic nitrogens is 2. The van der Waals surface area contributed by atoms with Crippen molar-refractivity contribution in [3.05, 3.63) is 40.0 Å². The van der Waals surface area contributed by atoms with E-state index in [1.807, 2.05) is 11.3 Å². The van der Waals surface area contributed by atoms with Gasteiger partial charge in [0.1, 0.15) is 16.5 Å². The Labute approximate surface area is 121 Å². The second kappa shape index (κ2) is 4.86. The smallest absolute Gasteiger partial charge is 0.147 e. The van der Waals surface area contributed by atoms with Crippen molar-refractivity contribution in [2.75, 3.05) is 11.4 Å². The van der Waals surface area contributed by atoms with Crippen molar-refractivity contribution in [2.24, 2.45) is 5.73 Å². The Morgan fingerprint density at radius 2 is 2.32 bits per heavy atom. The molecule has 0 bridgehead atoms. The first-order valence-electron chi connectivity index (χ1n) is 6.11. The highest BCUT2D eigenvalue weighted by Gasteiger charge is 2.25. The van der Waals surface area contributed by atoms with Crippen molar-refractivity contribution in [3.8, 4) is 0 Å². The molecule has 4 nitrogen and oxygen atoms in total. The Morgan fingerprint density at radius 3 is 3.00 bits per heavy atom. The zero-order chi connectivity index (χ0) is 13.4. The fraction of sp³-hybridized carbons (Fsp3) is 0.308. The fourth-order valence-electron chi connectivity index (χ4n) is 2.42. The topological polar surface area (TPSA) is 55.0 Å². The second-order valence-corrected chi connectivity index (χ2v) is 5.98. The number of thiophene rings is 1. The standard InChI is InChI=1S/C13H14N4S2/c1-8-9-3-5-19-11(9)2-4-17(8)12-7-15-10(6-16-12)13(14)18/h3,5-8H,2,4H2,1H3,(H2,14,18). The second-order valence-electron chi connectivity index (χ2n) is 4.54. The lowest BCUT2D eigenvalue weighted by Gasteiger charge is -2.34. The summed E-state index contributed by atoms with van der Waals surface area (Å²) in [6, 6.07) is 2.54. The normalized spacial score (nSPS) is 18.2. The van der Waals surface area contributed by atoms with Gasteiger partial charge < -0.3 is 10.6 Å². The van der Waals surface area contributed by atoms with Crippen LogP contribution in [-0.4, -0.2) is 21.5 Å². The molecular formula is C13H14N4S2. The molecule has 3 heterocycles. The molecule has 3 rings (SSSR count). The number of nitrogens with two attached hydrogens (primary N) is 1. The highest BCUT2D eigenvalue weighted by Crippen LogP contribution is 2.34. The van der Waals surface area contributed by atoms with Crippen molar-refractivity contribution in [2.45, 2.75) is 19.4 Å². The summed E-state index contributed by atoms with van der Waals surface area (Å²) in [6.45, 7) is 3.17. The molecule has 0 spiro atoms. The quantitative estimate of drug-likeness (QED) is 0.860. The molecule has 1 atom stereocenters. The Bertz CT molecular complexity index is 605. The molecule has 1 aliphatic rings. The number of nitrogens with zero attached hydrogens (tertiary/aromatic N) is 3. The average Bonchev–Trinajstić information content (AvgIpc) is 2.88. The van der Waals surface area contributed by atoms with E-state index >= 15 is 0 Å². The van der Waals surface area contributed by atoms with Crippen LogP contribution >= 0.6 is 23.6 Å². The van der Waals surface area contributed by atoms with E-state index in [1.165, 1.54) is 10.4 Å². The SMILES string of the molecule is CC1c2ccsc2CCN1c1cnc(C(N)=S)cn1. The molecule has 1 aliphatic heterocycles. The third-order valence-corrected chi connectivity index (χ3v) is 4.67. The van der Waals surface area contributed by atoms with Gasteiger partial charge in [-0.05, 0) is 30.4 Å². The van der Waals surface area contributed by atoms with Gasteiger partial charge in [-0.2, -0.15) is 0 Å². The van der Waals surface area contributed by atoms with Crippen LogP contribution in [0.4, 0.5) is 5.82 Å². The Kier molecular flexibility index (Phi) is 3.20. The molecule has 2 N–H and O–H groups in total.